The molecule has 2 atom stereocenters. The summed E-state index contributed by atoms with van der Waals surface area (Å²) in [5.41, 5.74) is 2.99. The number of nitrogens with zero attached hydrogens (tertiary/aromatic N) is 3. The predicted octanol–water partition coefficient (Wildman–Crippen LogP) is 5.11. The number of rotatable bonds is 10. The van der Waals surface area contributed by atoms with Gasteiger partial charge >= 0.3 is 0 Å². The zero-order chi connectivity index (χ0) is 24.1. The lowest BCUT2D eigenvalue weighted by Gasteiger charge is -2.31. The van der Waals surface area contributed by atoms with Crippen LogP contribution in [0.1, 0.15) is 30.9 Å². The lowest BCUT2D eigenvalue weighted by molar-refractivity contribution is 0.0241. The summed E-state index contributed by atoms with van der Waals surface area (Å²) in [4.78, 5) is 2.23. The molecule has 0 unspecified atom stereocenters. The van der Waals surface area contributed by atoms with E-state index >= 15 is 0 Å². The van der Waals surface area contributed by atoms with Gasteiger partial charge in [-0.2, -0.15) is 5.10 Å². The molecule has 0 spiro atoms. The second-order valence-electron chi connectivity index (χ2n) is 9.41. The first-order chi connectivity index (χ1) is 16.3. The first-order valence-corrected chi connectivity index (χ1v) is 11.9. The molecule has 0 aliphatic carbocycles. The van der Waals surface area contributed by atoms with Crippen LogP contribution >= 0.6 is 0 Å². The number of hydrogen-bond acceptors (Lipinski definition) is 5. The second-order valence-corrected chi connectivity index (χ2v) is 9.41. The van der Waals surface area contributed by atoms with Crippen LogP contribution in [-0.4, -0.2) is 51.2 Å². The van der Waals surface area contributed by atoms with Crippen molar-refractivity contribution in [1.29, 1.82) is 0 Å². The van der Waals surface area contributed by atoms with E-state index < -0.39 is 5.60 Å². The van der Waals surface area contributed by atoms with Gasteiger partial charge in [-0.15, -0.1) is 6.58 Å². The molecule has 180 valence electrons. The highest BCUT2D eigenvalue weighted by atomic mass is 16.5. The third-order valence-electron chi connectivity index (χ3n) is 6.19. The summed E-state index contributed by atoms with van der Waals surface area (Å²) in [6.45, 7) is 10.2. The van der Waals surface area contributed by atoms with Gasteiger partial charge in [0.1, 0.15) is 11.4 Å². The summed E-state index contributed by atoms with van der Waals surface area (Å²) in [5.74, 6) is 1.47. The maximum absolute atomic E-state index is 10.8. The number of aromatic nitrogens is 2. The van der Waals surface area contributed by atoms with Crippen LogP contribution in [0.4, 0.5) is 0 Å². The van der Waals surface area contributed by atoms with Crippen molar-refractivity contribution in [2.45, 2.75) is 44.9 Å². The summed E-state index contributed by atoms with van der Waals surface area (Å²) in [7, 11) is 1.91. The van der Waals surface area contributed by atoms with Crippen LogP contribution in [-0.2, 0) is 18.3 Å². The molecule has 6 nitrogen and oxygen atoms in total. The predicted molar refractivity (Wildman–Crippen MR) is 135 cm³/mol. The van der Waals surface area contributed by atoms with Gasteiger partial charge in [0.2, 0.25) is 5.88 Å². The molecule has 1 N–H and O–H groups in total. The van der Waals surface area contributed by atoms with E-state index in [1.807, 2.05) is 56.4 Å². The van der Waals surface area contributed by atoms with Gasteiger partial charge in [-0.05, 0) is 44.4 Å². The smallest absolute Gasteiger partial charge is 0.222 e. The Labute approximate surface area is 202 Å². The van der Waals surface area contributed by atoms with Gasteiger partial charge in [0.25, 0.3) is 0 Å². The van der Waals surface area contributed by atoms with E-state index in [9.17, 15) is 5.11 Å². The molecule has 1 fully saturated rings. The van der Waals surface area contributed by atoms with Gasteiger partial charge in [-0.25, -0.2) is 4.68 Å². The van der Waals surface area contributed by atoms with Crippen molar-refractivity contribution in [3.63, 3.8) is 0 Å². The Balaban J connectivity index is 1.73. The molecule has 1 aliphatic rings. The molecule has 4 rings (SSSR count). The molecule has 1 aliphatic heterocycles. The number of ether oxygens (including phenoxy) is 2. The molecule has 0 radical (unpaired) electrons. The highest BCUT2D eigenvalue weighted by Crippen LogP contribution is 2.35. The first kappa shape index (κ1) is 24.2. The third kappa shape index (κ3) is 5.95. The zero-order valence-corrected chi connectivity index (χ0v) is 20.4. The Hall–Kier alpha value is -2.93. The van der Waals surface area contributed by atoms with Gasteiger partial charge in [-0.1, -0.05) is 48.5 Å². The van der Waals surface area contributed by atoms with Crippen LogP contribution < -0.4 is 4.74 Å². The monoisotopic (exact) mass is 461 g/mol. The molecular formula is C28H35N3O3. The van der Waals surface area contributed by atoms with Crippen molar-refractivity contribution in [3.8, 4) is 22.9 Å². The van der Waals surface area contributed by atoms with Gasteiger partial charge in [-0.3, -0.25) is 4.90 Å². The average Bonchev–Trinajstić information content (AvgIpc) is 3.43. The molecule has 0 saturated carbocycles. The Morgan fingerprint density at radius 1 is 1.26 bits per heavy atom. The number of benzene rings is 2. The van der Waals surface area contributed by atoms with Crippen molar-refractivity contribution in [2.24, 2.45) is 7.05 Å². The maximum Gasteiger partial charge on any atom is 0.222 e. The van der Waals surface area contributed by atoms with Crippen LogP contribution in [0.5, 0.6) is 11.6 Å². The fourth-order valence-electron chi connectivity index (χ4n) is 4.44. The van der Waals surface area contributed by atoms with E-state index in [0.717, 1.165) is 54.1 Å². The van der Waals surface area contributed by atoms with Gasteiger partial charge < -0.3 is 14.6 Å². The molecule has 6 heteroatoms. The summed E-state index contributed by atoms with van der Waals surface area (Å²) < 4.78 is 14.1. The largest absolute Gasteiger partial charge is 0.439 e. The lowest BCUT2D eigenvalue weighted by Crippen LogP contribution is -2.42. The minimum Gasteiger partial charge on any atom is -0.439 e. The molecule has 2 aromatic carbocycles. The second kappa shape index (κ2) is 10.6. The van der Waals surface area contributed by atoms with Crippen molar-refractivity contribution in [3.05, 3.63) is 78.4 Å². The van der Waals surface area contributed by atoms with E-state index in [1.54, 1.807) is 17.7 Å². The standard InChI is InChI=1S/C28H35N3O3/c1-5-28(3,32)20-31(18-24-15-10-16-33-24)19-25-26(22-12-7-6-8-13-22)29-30(4)27(25)34-23-14-9-11-21(2)17-23/h5-9,11-14,17,24,32H,1,10,15-16,18-20H2,2-4H3/t24-,28+/m0/s1. The Bertz CT molecular complexity index is 1100. The molecule has 0 bridgehead atoms. The van der Waals surface area contributed by atoms with Crippen molar-refractivity contribution in [1.82, 2.24) is 14.7 Å². The van der Waals surface area contributed by atoms with Crippen LogP contribution in [0.3, 0.4) is 0 Å². The molecule has 0 amide bonds. The van der Waals surface area contributed by atoms with Crippen LogP contribution in [0, 0.1) is 6.92 Å². The van der Waals surface area contributed by atoms with Crippen molar-refractivity contribution < 1.29 is 14.6 Å². The van der Waals surface area contributed by atoms with E-state index in [1.165, 1.54) is 0 Å². The topological polar surface area (TPSA) is 59.8 Å². The van der Waals surface area contributed by atoms with Gasteiger partial charge in [0, 0.05) is 38.9 Å². The highest BCUT2D eigenvalue weighted by Gasteiger charge is 2.28. The molecule has 1 saturated heterocycles. The fourth-order valence-corrected chi connectivity index (χ4v) is 4.44. The average molecular weight is 462 g/mol. The zero-order valence-electron chi connectivity index (χ0n) is 20.4. The Morgan fingerprint density at radius 3 is 2.74 bits per heavy atom. The molecule has 34 heavy (non-hydrogen) atoms. The van der Waals surface area contributed by atoms with Crippen LogP contribution in [0.2, 0.25) is 0 Å². The SMILES string of the molecule is C=C[C@@](C)(O)CN(Cc1c(-c2ccccc2)nn(C)c1Oc1cccc(C)c1)C[C@@H]1CCCO1. The highest BCUT2D eigenvalue weighted by molar-refractivity contribution is 5.65. The Kier molecular flexibility index (Phi) is 7.51. The molecule has 3 aromatic rings. The van der Waals surface area contributed by atoms with E-state index in [0.29, 0.717) is 19.0 Å². The molecule has 1 aromatic heterocycles. The molecular weight excluding hydrogens is 426 g/mol. The van der Waals surface area contributed by atoms with Crippen molar-refractivity contribution >= 4 is 0 Å². The summed E-state index contributed by atoms with van der Waals surface area (Å²) in [6, 6.07) is 18.2. The van der Waals surface area contributed by atoms with Crippen LogP contribution in [0.15, 0.2) is 67.3 Å². The van der Waals surface area contributed by atoms with E-state index in [4.69, 9.17) is 14.6 Å². The maximum atomic E-state index is 10.8. The van der Waals surface area contributed by atoms with E-state index in [-0.39, 0.29) is 6.10 Å². The lowest BCUT2D eigenvalue weighted by atomic mass is 10.0. The summed E-state index contributed by atoms with van der Waals surface area (Å²) in [6.07, 6.45) is 3.85. The van der Waals surface area contributed by atoms with Crippen LogP contribution in [0.25, 0.3) is 11.3 Å². The number of aryl methyl sites for hydroxylation is 2. The minimum absolute atomic E-state index is 0.151. The summed E-state index contributed by atoms with van der Waals surface area (Å²) in [5, 5.41) is 15.7. The van der Waals surface area contributed by atoms with Gasteiger partial charge in [0.05, 0.1) is 17.3 Å². The van der Waals surface area contributed by atoms with E-state index in [2.05, 4.69) is 23.6 Å². The number of aliphatic hydroxyl groups is 1. The number of hydrogen-bond donors (Lipinski definition) is 1. The Morgan fingerprint density at radius 2 is 2.06 bits per heavy atom. The fraction of sp³-hybridized carbons (Fsp3) is 0.393. The third-order valence-corrected chi connectivity index (χ3v) is 6.19. The van der Waals surface area contributed by atoms with Gasteiger partial charge in [0.15, 0.2) is 0 Å². The first-order valence-electron chi connectivity index (χ1n) is 11.9. The normalized spacial score (nSPS) is 17.6. The minimum atomic E-state index is -1.02. The molecule has 2 heterocycles. The quantitative estimate of drug-likeness (QED) is 0.426. The summed E-state index contributed by atoms with van der Waals surface area (Å²) >= 11 is 0. The van der Waals surface area contributed by atoms with Crippen molar-refractivity contribution in [2.75, 3.05) is 19.7 Å².